The van der Waals surface area contributed by atoms with Gasteiger partial charge in [0.25, 0.3) is 5.92 Å². The molecule has 7 unspecified atom stereocenters. The highest BCUT2D eigenvalue weighted by Gasteiger charge is 2.66. The first-order valence-electron chi connectivity index (χ1n) is 10.2. The Morgan fingerprint density at radius 3 is 2.40 bits per heavy atom. The summed E-state index contributed by atoms with van der Waals surface area (Å²) in [5.41, 5.74) is -0.313. The zero-order valence-electron chi connectivity index (χ0n) is 15.8. The van der Waals surface area contributed by atoms with Crippen LogP contribution in [0.25, 0.3) is 0 Å². The van der Waals surface area contributed by atoms with Gasteiger partial charge in [-0.3, -0.25) is 4.79 Å². The molecule has 4 aliphatic rings. The Bertz CT molecular complexity index is 562. The molecule has 0 bridgehead atoms. The van der Waals surface area contributed by atoms with Crippen molar-refractivity contribution in [2.45, 2.75) is 90.6 Å². The average Bonchev–Trinajstić information content (AvgIpc) is 2.83. The molecule has 25 heavy (non-hydrogen) atoms. The Morgan fingerprint density at radius 2 is 1.68 bits per heavy atom. The molecule has 0 amide bonds. The molecule has 4 fully saturated rings. The van der Waals surface area contributed by atoms with E-state index in [1.54, 1.807) is 0 Å². The van der Waals surface area contributed by atoms with Crippen molar-refractivity contribution < 1.29 is 18.3 Å². The maximum Gasteiger partial charge on any atom is 0.302 e. The van der Waals surface area contributed by atoms with Gasteiger partial charge in [-0.2, -0.15) is 0 Å². The van der Waals surface area contributed by atoms with Crippen LogP contribution in [0.15, 0.2) is 0 Å². The van der Waals surface area contributed by atoms with Crippen molar-refractivity contribution in [3.05, 3.63) is 0 Å². The zero-order chi connectivity index (χ0) is 18.0. The van der Waals surface area contributed by atoms with Gasteiger partial charge in [0.15, 0.2) is 0 Å². The van der Waals surface area contributed by atoms with Crippen LogP contribution in [-0.4, -0.2) is 18.0 Å². The van der Waals surface area contributed by atoms with E-state index >= 15 is 8.78 Å². The van der Waals surface area contributed by atoms with Crippen LogP contribution in [0.3, 0.4) is 0 Å². The fourth-order valence-electron chi connectivity index (χ4n) is 7.69. The summed E-state index contributed by atoms with van der Waals surface area (Å²) in [4.78, 5) is 11.5. The van der Waals surface area contributed by atoms with Crippen molar-refractivity contribution in [3.8, 4) is 0 Å². The molecule has 0 radical (unpaired) electrons. The second kappa shape index (κ2) is 5.66. The zero-order valence-corrected chi connectivity index (χ0v) is 15.8. The second-order valence-electron chi connectivity index (χ2n) is 9.87. The molecular formula is C21H32F2O2. The van der Waals surface area contributed by atoms with Crippen molar-refractivity contribution in [2.75, 3.05) is 0 Å². The Morgan fingerprint density at radius 1 is 0.960 bits per heavy atom. The van der Waals surface area contributed by atoms with Gasteiger partial charge >= 0.3 is 5.97 Å². The summed E-state index contributed by atoms with van der Waals surface area (Å²) in [6.07, 6.45) is 7.53. The van der Waals surface area contributed by atoms with Gasteiger partial charge in [-0.15, -0.1) is 0 Å². The predicted octanol–water partition coefficient (Wildman–Crippen LogP) is 5.60. The van der Waals surface area contributed by atoms with Gasteiger partial charge in [-0.05, 0) is 61.7 Å². The van der Waals surface area contributed by atoms with Crippen LogP contribution in [0.5, 0.6) is 0 Å². The van der Waals surface area contributed by atoms with E-state index in [0.29, 0.717) is 12.3 Å². The van der Waals surface area contributed by atoms with Gasteiger partial charge in [-0.1, -0.05) is 26.7 Å². The molecule has 0 aromatic carbocycles. The van der Waals surface area contributed by atoms with E-state index < -0.39 is 11.8 Å². The second-order valence-corrected chi connectivity index (χ2v) is 9.87. The quantitative estimate of drug-likeness (QED) is 0.573. The van der Waals surface area contributed by atoms with Crippen LogP contribution in [-0.2, 0) is 9.53 Å². The number of carbonyl (C=O) groups excluding carboxylic acids is 1. The largest absolute Gasteiger partial charge is 0.462 e. The normalized spacial score (nSPS) is 51.2. The third-order valence-corrected chi connectivity index (χ3v) is 8.78. The van der Waals surface area contributed by atoms with Crippen LogP contribution in [0.2, 0.25) is 0 Å². The number of hydrogen-bond acceptors (Lipinski definition) is 2. The van der Waals surface area contributed by atoms with Crippen LogP contribution in [0.1, 0.15) is 78.6 Å². The van der Waals surface area contributed by atoms with E-state index in [2.05, 4.69) is 13.8 Å². The van der Waals surface area contributed by atoms with Crippen LogP contribution >= 0.6 is 0 Å². The van der Waals surface area contributed by atoms with Crippen molar-refractivity contribution in [3.63, 3.8) is 0 Å². The minimum absolute atomic E-state index is 0.0605. The smallest absolute Gasteiger partial charge is 0.302 e. The third kappa shape index (κ3) is 2.49. The van der Waals surface area contributed by atoms with Gasteiger partial charge in [0.05, 0.1) is 0 Å². The summed E-state index contributed by atoms with van der Waals surface area (Å²) >= 11 is 0. The van der Waals surface area contributed by atoms with Crippen LogP contribution < -0.4 is 0 Å². The van der Waals surface area contributed by atoms with E-state index in [1.807, 2.05) is 0 Å². The van der Waals surface area contributed by atoms with E-state index in [4.69, 9.17) is 4.74 Å². The molecule has 0 heterocycles. The predicted molar refractivity (Wildman–Crippen MR) is 92.2 cm³/mol. The monoisotopic (exact) mass is 354 g/mol. The lowest BCUT2D eigenvalue weighted by atomic mass is 9.44. The minimum atomic E-state index is -2.53. The summed E-state index contributed by atoms with van der Waals surface area (Å²) in [6.45, 7) is 5.83. The molecule has 0 spiro atoms. The molecule has 4 rings (SSSR count). The summed E-state index contributed by atoms with van der Waals surface area (Å²) in [5.74, 6) is -2.40. The van der Waals surface area contributed by atoms with E-state index in [0.717, 1.165) is 44.9 Å². The molecule has 2 nitrogen and oxygen atoms in total. The van der Waals surface area contributed by atoms with Gasteiger partial charge < -0.3 is 4.74 Å². The lowest BCUT2D eigenvalue weighted by Gasteiger charge is -2.62. The number of hydrogen-bond donors (Lipinski definition) is 0. The maximum absolute atomic E-state index is 15.2. The standard InChI is InChI=1S/C21H32F2O2/c1-13(24)25-18-8-7-15-14-12-21(22,23)17-6-4-5-10-19(17,2)16(14)9-11-20(15,18)3/h14-18H,4-12H2,1-3H3. The summed E-state index contributed by atoms with van der Waals surface area (Å²) in [7, 11) is 0. The van der Waals surface area contributed by atoms with Crippen LogP contribution in [0, 0.1) is 34.5 Å². The molecule has 0 saturated heterocycles. The maximum atomic E-state index is 15.2. The number of ether oxygens (including phenoxy) is 1. The van der Waals surface area contributed by atoms with E-state index in [9.17, 15) is 4.79 Å². The molecule has 0 aromatic heterocycles. The molecule has 0 N–H and O–H groups in total. The summed E-state index contributed by atoms with van der Waals surface area (Å²) < 4.78 is 35.9. The van der Waals surface area contributed by atoms with Crippen molar-refractivity contribution in [1.29, 1.82) is 0 Å². The Kier molecular flexibility index (Phi) is 4.01. The number of carbonyl (C=O) groups is 1. The number of halogens is 2. The van der Waals surface area contributed by atoms with Gasteiger partial charge in [0.1, 0.15) is 6.10 Å². The summed E-state index contributed by atoms with van der Waals surface area (Å²) in [5, 5.41) is 0. The summed E-state index contributed by atoms with van der Waals surface area (Å²) in [6, 6.07) is 0. The minimum Gasteiger partial charge on any atom is -0.462 e. The van der Waals surface area contributed by atoms with Crippen molar-refractivity contribution >= 4 is 5.97 Å². The molecule has 4 heteroatoms. The Balaban J connectivity index is 1.66. The highest BCUT2D eigenvalue weighted by Crippen LogP contribution is 2.69. The first kappa shape index (κ1) is 17.7. The lowest BCUT2D eigenvalue weighted by Crippen LogP contribution is -2.59. The fourth-order valence-corrected chi connectivity index (χ4v) is 7.69. The molecule has 4 aliphatic carbocycles. The molecule has 4 saturated carbocycles. The lowest BCUT2D eigenvalue weighted by molar-refractivity contribution is -0.227. The average molecular weight is 354 g/mol. The molecular weight excluding hydrogens is 322 g/mol. The number of esters is 1. The van der Waals surface area contributed by atoms with Gasteiger partial charge in [0.2, 0.25) is 0 Å². The fraction of sp³-hybridized carbons (Fsp3) is 0.952. The molecule has 7 atom stereocenters. The van der Waals surface area contributed by atoms with Crippen molar-refractivity contribution in [1.82, 2.24) is 0 Å². The molecule has 0 aliphatic heterocycles. The van der Waals surface area contributed by atoms with Crippen molar-refractivity contribution in [2.24, 2.45) is 34.5 Å². The Labute approximate surface area is 150 Å². The molecule has 142 valence electrons. The SMILES string of the molecule is CC(=O)OC1CCC2C3CC(F)(F)C4CCCCC4(C)C3CCC12C. The number of fused-ring (bicyclic) bond motifs is 5. The van der Waals surface area contributed by atoms with E-state index in [1.165, 1.54) is 6.92 Å². The van der Waals surface area contributed by atoms with Gasteiger partial charge in [-0.25, -0.2) is 8.78 Å². The third-order valence-electron chi connectivity index (χ3n) is 8.78. The van der Waals surface area contributed by atoms with E-state index in [-0.39, 0.29) is 41.2 Å². The number of rotatable bonds is 1. The topological polar surface area (TPSA) is 26.3 Å². The first-order chi connectivity index (χ1) is 11.7. The highest BCUT2D eigenvalue weighted by molar-refractivity contribution is 5.66. The van der Waals surface area contributed by atoms with Crippen LogP contribution in [0.4, 0.5) is 8.78 Å². The first-order valence-corrected chi connectivity index (χ1v) is 10.2. The van der Waals surface area contributed by atoms with Gasteiger partial charge in [0, 0.05) is 24.7 Å². The highest BCUT2D eigenvalue weighted by atomic mass is 19.3. The Hall–Kier alpha value is -0.670. The molecule has 0 aromatic rings. The number of alkyl halides is 2.